The Balaban J connectivity index is 2.04. The van der Waals surface area contributed by atoms with E-state index in [2.05, 4.69) is 4.98 Å². The van der Waals surface area contributed by atoms with Crippen molar-refractivity contribution in [3.05, 3.63) is 42.4 Å². The van der Waals surface area contributed by atoms with E-state index in [0.717, 1.165) is 5.56 Å². The first-order chi connectivity index (χ1) is 9.69. The molecule has 1 N–H and O–H groups in total. The normalized spacial score (nSPS) is 11.4. The lowest BCUT2D eigenvalue weighted by Crippen LogP contribution is -2.31. The van der Waals surface area contributed by atoms with Crippen molar-refractivity contribution >= 4 is 0 Å². The van der Waals surface area contributed by atoms with E-state index >= 15 is 0 Å². The minimum absolute atomic E-state index is 0.151. The second-order valence-corrected chi connectivity index (χ2v) is 4.33. The van der Waals surface area contributed by atoms with Crippen LogP contribution in [-0.4, -0.2) is 41.1 Å². The lowest BCUT2D eigenvalue weighted by atomic mass is 10.2. The fourth-order valence-electron chi connectivity index (χ4n) is 1.88. The summed E-state index contributed by atoms with van der Waals surface area (Å²) in [5.74, 6) is 0.958. The Hall–Kier alpha value is -1.79. The van der Waals surface area contributed by atoms with Gasteiger partial charge in [-0.2, -0.15) is 0 Å². The number of hydrogen-bond donors (Lipinski definition) is 1. The number of aromatic nitrogens is 1. The number of aliphatic hydroxyl groups excluding tert-OH is 1. The molecule has 2 aromatic rings. The second kappa shape index (κ2) is 7.12. The maximum atomic E-state index is 12.4. The molecule has 0 unspecified atom stereocenters. The lowest BCUT2D eigenvalue weighted by Gasteiger charge is -2.18. The van der Waals surface area contributed by atoms with Gasteiger partial charge in [0.2, 0.25) is 5.89 Å². The second-order valence-electron chi connectivity index (χ2n) is 4.33. The first-order valence-electron chi connectivity index (χ1n) is 6.30. The highest BCUT2D eigenvalue weighted by molar-refractivity contribution is 5.55. The molecule has 0 saturated carbocycles. The van der Waals surface area contributed by atoms with E-state index in [-0.39, 0.29) is 19.7 Å². The Kier molecular flexibility index (Phi) is 5.20. The Morgan fingerprint density at radius 1 is 1.25 bits per heavy atom. The van der Waals surface area contributed by atoms with Gasteiger partial charge in [-0.25, -0.2) is 13.8 Å². The topological polar surface area (TPSA) is 49.5 Å². The van der Waals surface area contributed by atoms with Gasteiger partial charge >= 0.3 is 0 Å². The van der Waals surface area contributed by atoms with Crippen molar-refractivity contribution in [2.24, 2.45) is 0 Å². The van der Waals surface area contributed by atoms with Gasteiger partial charge < -0.3 is 9.52 Å². The SMILES string of the molecule is OCCN(Cc1ncc(-c2ccccc2)o1)CC(F)F. The summed E-state index contributed by atoms with van der Waals surface area (Å²) in [6.45, 7) is -0.284. The van der Waals surface area contributed by atoms with Crippen LogP contribution in [0.3, 0.4) is 0 Å². The Morgan fingerprint density at radius 2 is 2.00 bits per heavy atom. The minimum Gasteiger partial charge on any atom is -0.439 e. The molecular formula is C14H16F2N2O2. The third-order valence-corrected chi connectivity index (χ3v) is 2.78. The van der Waals surface area contributed by atoms with Crippen LogP contribution in [0.2, 0.25) is 0 Å². The lowest BCUT2D eigenvalue weighted by molar-refractivity contribution is 0.0704. The monoisotopic (exact) mass is 282 g/mol. The molecule has 1 aromatic carbocycles. The van der Waals surface area contributed by atoms with E-state index in [1.165, 1.54) is 4.90 Å². The molecule has 108 valence electrons. The molecule has 0 spiro atoms. The molecule has 0 fully saturated rings. The fourth-order valence-corrected chi connectivity index (χ4v) is 1.88. The van der Waals surface area contributed by atoms with Gasteiger partial charge in [0.1, 0.15) is 0 Å². The van der Waals surface area contributed by atoms with Gasteiger partial charge in [0.05, 0.1) is 25.9 Å². The van der Waals surface area contributed by atoms with Gasteiger partial charge in [-0.3, -0.25) is 4.90 Å². The number of halogens is 2. The van der Waals surface area contributed by atoms with Crippen molar-refractivity contribution < 1.29 is 18.3 Å². The molecule has 0 saturated heterocycles. The van der Waals surface area contributed by atoms with Crippen LogP contribution in [-0.2, 0) is 6.54 Å². The Labute approximate surface area is 115 Å². The van der Waals surface area contributed by atoms with Crippen LogP contribution in [0.1, 0.15) is 5.89 Å². The fraction of sp³-hybridized carbons (Fsp3) is 0.357. The zero-order valence-corrected chi connectivity index (χ0v) is 10.9. The molecule has 0 amide bonds. The highest BCUT2D eigenvalue weighted by Gasteiger charge is 2.15. The molecule has 1 aromatic heterocycles. The van der Waals surface area contributed by atoms with E-state index in [1.807, 2.05) is 30.3 Å². The van der Waals surface area contributed by atoms with E-state index < -0.39 is 13.0 Å². The predicted molar refractivity (Wildman–Crippen MR) is 70.3 cm³/mol. The molecule has 20 heavy (non-hydrogen) atoms. The van der Waals surface area contributed by atoms with Gasteiger partial charge in [0.25, 0.3) is 6.43 Å². The molecule has 1 heterocycles. The average Bonchev–Trinajstić information content (AvgIpc) is 2.88. The molecule has 0 radical (unpaired) electrons. The summed E-state index contributed by atoms with van der Waals surface area (Å²) in [7, 11) is 0. The van der Waals surface area contributed by atoms with Crippen LogP contribution in [0.15, 0.2) is 40.9 Å². The number of alkyl halides is 2. The molecular weight excluding hydrogens is 266 g/mol. The first kappa shape index (κ1) is 14.6. The van der Waals surface area contributed by atoms with Gasteiger partial charge in [-0.15, -0.1) is 0 Å². The highest BCUT2D eigenvalue weighted by Crippen LogP contribution is 2.20. The van der Waals surface area contributed by atoms with Crippen molar-refractivity contribution in [1.29, 1.82) is 0 Å². The molecule has 0 atom stereocenters. The van der Waals surface area contributed by atoms with E-state index in [0.29, 0.717) is 11.7 Å². The largest absolute Gasteiger partial charge is 0.439 e. The maximum absolute atomic E-state index is 12.4. The summed E-state index contributed by atoms with van der Waals surface area (Å²) < 4.78 is 30.4. The van der Waals surface area contributed by atoms with Gasteiger partial charge in [-0.05, 0) is 0 Å². The molecule has 0 bridgehead atoms. The van der Waals surface area contributed by atoms with Crippen molar-refractivity contribution in [2.45, 2.75) is 13.0 Å². The quantitative estimate of drug-likeness (QED) is 0.847. The van der Waals surface area contributed by atoms with Crippen LogP contribution >= 0.6 is 0 Å². The number of rotatable bonds is 7. The number of benzene rings is 1. The summed E-state index contributed by atoms with van der Waals surface area (Å²) in [5.41, 5.74) is 0.883. The Morgan fingerprint density at radius 3 is 2.65 bits per heavy atom. The number of aliphatic hydroxyl groups is 1. The summed E-state index contributed by atoms with van der Waals surface area (Å²) in [6, 6.07) is 9.43. The zero-order valence-electron chi connectivity index (χ0n) is 10.9. The molecule has 0 aliphatic carbocycles. The number of nitrogens with zero attached hydrogens (tertiary/aromatic N) is 2. The van der Waals surface area contributed by atoms with E-state index in [9.17, 15) is 8.78 Å². The summed E-state index contributed by atoms with van der Waals surface area (Å²) >= 11 is 0. The van der Waals surface area contributed by atoms with Crippen LogP contribution in [0, 0.1) is 0 Å². The molecule has 2 rings (SSSR count). The summed E-state index contributed by atoms with van der Waals surface area (Å²) in [6.07, 6.45) is -0.880. The van der Waals surface area contributed by atoms with Crippen molar-refractivity contribution in [3.63, 3.8) is 0 Å². The van der Waals surface area contributed by atoms with Crippen LogP contribution in [0.5, 0.6) is 0 Å². The number of oxazole rings is 1. The summed E-state index contributed by atoms with van der Waals surface area (Å²) in [5, 5.41) is 8.87. The van der Waals surface area contributed by atoms with Crippen LogP contribution in [0.25, 0.3) is 11.3 Å². The van der Waals surface area contributed by atoms with Crippen molar-refractivity contribution in [2.75, 3.05) is 19.7 Å². The molecule has 0 aliphatic heterocycles. The third kappa shape index (κ3) is 4.11. The average molecular weight is 282 g/mol. The third-order valence-electron chi connectivity index (χ3n) is 2.78. The van der Waals surface area contributed by atoms with E-state index in [1.54, 1.807) is 6.20 Å². The van der Waals surface area contributed by atoms with Crippen molar-refractivity contribution in [3.8, 4) is 11.3 Å². The molecule has 6 heteroatoms. The maximum Gasteiger partial charge on any atom is 0.251 e. The van der Waals surface area contributed by atoms with Crippen LogP contribution < -0.4 is 0 Å². The standard InChI is InChI=1S/C14H16F2N2O2/c15-13(16)9-18(6-7-19)10-14-17-8-12(20-14)11-4-2-1-3-5-11/h1-5,8,13,19H,6-7,9-10H2. The summed E-state index contributed by atoms with van der Waals surface area (Å²) in [4.78, 5) is 5.50. The zero-order chi connectivity index (χ0) is 14.4. The van der Waals surface area contributed by atoms with Gasteiger partial charge in [0.15, 0.2) is 5.76 Å². The minimum atomic E-state index is -2.45. The Bertz CT molecular complexity index is 517. The first-order valence-corrected chi connectivity index (χ1v) is 6.30. The van der Waals surface area contributed by atoms with E-state index in [4.69, 9.17) is 9.52 Å². The van der Waals surface area contributed by atoms with Gasteiger partial charge in [-0.1, -0.05) is 30.3 Å². The molecule has 4 nitrogen and oxygen atoms in total. The predicted octanol–water partition coefficient (Wildman–Crippen LogP) is 2.40. The smallest absolute Gasteiger partial charge is 0.251 e. The number of hydrogen-bond acceptors (Lipinski definition) is 4. The highest BCUT2D eigenvalue weighted by atomic mass is 19.3. The molecule has 0 aliphatic rings. The van der Waals surface area contributed by atoms with Gasteiger partial charge in [0, 0.05) is 12.1 Å². The van der Waals surface area contributed by atoms with Crippen LogP contribution in [0.4, 0.5) is 8.78 Å². The van der Waals surface area contributed by atoms with Crippen molar-refractivity contribution in [1.82, 2.24) is 9.88 Å².